The lowest BCUT2D eigenvalue weighted by Crippen LogP contribution is -1.97. The molecular weight excluding hydrogens is 188 g/mol. The third kappa shape index (κ3) is 2.43. The summed E-state index contributed by atoms with van der Waals surface area (Å²) in [5.41, 5.74) is 7.46. The maximum absolute atomic E-state index is 5.57. The van der Waals surface area contributed by atoms with Crippen LogP contribution in [0.2, 0.25) is 0 Å². The molecule has 3 N–H and O–H groups in total. The number of hydrogen-bond donors (Lipinski definition) is 2. The summed E-state index contributed by atoms with van der Waals surface area (Å²) in [7, 11) is 0. The second kappa shape index (κ2) is 3.96. The quantitative estimate of drug-likeness (QED) is 0.779. The normalized spacial score (nSPS) is 9.93. The van der Waals surface area contributed by atoms with Crippen LogP contribution in [0, 0.1) is 6.92 Å². The number of pyridine rings is 2. The van der Waals surface area contributed by atoms with Gasteiger partial charge in [0.15, 0.2) is 0 Å². The predicted octanol–water partition coefficient (Wildman–Crippen LogP) is 2.11. The second-order valence-electron chi connectivity index (χ2n) is 3.26. The lowest BCUT2D eigenvalue weighted by molar-refractivity contribution is 1.19. The van der Waals surface area contributed by atoms with E-state index < -0.39 is 0 Å². The number of aromatic nitrogens is 2. The highest BCUT2D eigenvalue weighted by Crippen LogP contribution is 2.14. The smallest absolute Gasteiger partial charge is 0.132 e. The summed E-state index contributed by atoms with van der Waals surface area (Å²) in [5, 5.41) is 3.12. The first-order valence-electron chi connectivity index (χ1n) is 4.66. The SMILES string of the molecule is Cc1ccc(Nc2cccc(N)n2)cn1. The summed E-state index contributed by atoms with van der Waals surface area (Å²) in [6, 6.07) is 9.35. The van der Waals surface area contributed by atoms with Crippen molar-refractivity contribution < 1.29 is 0 Å². The van der Waals surface area contributed by atoms with Crippen molar-refractivity contribution in [2.24, 2.45) is 0 Å². The molecule has 0 aliphatic carbocycles. The highest BCUT2D eigenvalue weighted by atomic mass is 15.0. The average molecular weight is 200 g/mol. The summed E-state index contributed by atoms with van der Waals surface area (Å²) >= 11 is 0. The Kier molecular flexibility index (Phi) is 2.49. The Hall–Kier alpha value is -2.10. The van der Waals surface area contributed by atoms with Crippen molar-refractivity contribution in [3.63, 3.8) is 0 Å². The van der Waals surface area contributed by atoms with Gasteiger partial charge < -0.3 is 11.1 Å². The van der Waals surface area contributed by atoms with E-state index in [1.165, 1.54) is 0 Å². The van der Waals surface area contributed by atoms with E-state index in [1.54, 1.807) is 12.3 Å². The zero-order valence-corrected chi connectivity index (χ0v) is 8.44. The predicted molar refractivity (Wildman–Crippen MR) is 60.9 cm³/mol. The minimum absolute atomic E-state index is 0.500. The molecule has 76 valence electrons. The molecule has 0 radical (unpaired) electrons. The fourth-order valence-corrected chi connectivity index (χ4v) is 1.21. The summed E-state index contributed by atoms with van der Waals surface area (Å²) in [6.45, 7) is 1.95. The maximum atomic E-state index is 5.57. The van der Waals surface area contributed by atoms with Crippen LogP contribution < -0.4 is 11.1 Å². The van der Waals surface area contributed by atoms with Gasteiger partial charge in [0.1, 0.15) is 11.6 Å². The molecule has 15 heavy (non-hydrogen) atoms. The molecule has 2 aromatic rings. The zero-order chi connectivity index (χ0) is 10.7. The highest BCUT2D eigenvalue weighted by Gasteiger charge is 1.96. The Morgan fingerprint density at radius 2 is 2.07 bits per heavy atom. The van der Waals surface area contributed by atoms with Crippen molar-refractivity contribution in [2.75, 3.05) is 11.1 Å². The third-order valence-corrected chi connectivity index (χ3v) is 1.95. The first kappa shape index (κ1) is 9.45. The molecule has 0 saturated carbocycles. The Morgan fingerprint density at radius 3 is 2.73 bits per heavy atom. The van der Waals surface area contributed by atoms with Crippen LogP contribution >= 0.6 is 0 Å². The van der Waals surface area contributed by atoms with Crippen LogP contribution in [0.1, 0.15) is 5.69 Å². The van der Waals surface area contributed by atoms with E-state index in [-0.39, 0.29) is 0 Å². The van der Waals surface area contributed by atoms with Gasteiger partial charge in [-0.3, -0.25) is 4.98 Å². The molecule has 0 bridgehead atoms. The monoisotopic (exact) mass is 200 g/mol. The van der Waals surface area contributed by atoms with Crippen molar-refractivity contribution in [1.29, 1.82) is 0 Å². The number of aryl methyl sites for hydroxylation is 1. The van der Waals surface area contributed by atoms with Crippen LogP contribution in [-0.2, 0) is 0 Å². The lowest BCUT2D eigenvalue weighted by Gasteiger charge is -2.05. The number of rotatable bonds is 2. The summed E-state index contributed by atoms with van der Waals surface area (Å²) in [6.07, 6.45) is 1.76. The van der Waals surface area contributed by atoms with Gasteiger partial charge >= 0.3 is 0 Å². The number of nitrogen functional groups attached to an aromatic ring is 1. The minimum atomic E-state index is 0.500. The van der Waals surface area contributed by atoms with Crippen LogP contribution in [0.25, 0.3) is 0 Å². The molecule has 4 nitrogen and oxygen atoms in total. The van der Waals surface area contributed by atoms with Gasteiger partial charge in [0.2, 0.25) is 0 Å². The van der Waals surface area contributed by atoms with E-state index in [1.807, 2.05) is 31.2 Å². The van der Waals surface area contributed by atoms with E-state index in [4.69, 9.17) is 5.73 Å². The van der Waals surface area contributed by atoms with E-state index in [2.05, 4.69) is 15.3 Å². The van der Waals surface area contributed by atoms with E-state index >= 15 is 0 Å². The van der Waals surface area contributed by atoms with Crippen molar-refractivity contribution in [1.82, 2.24) is 9.97 Å². The van der Waals surface area contributed by atoms with Crippen LogP contribution in [0.4, 0.5) is 17.3 Å². The largest absolute Gasteiger partial charge is 0.384 e. The summed E-state index contributed by atoms with van der Waals surface area (Å²) < 4.78 is 0. The van der Waals surface area contributed by atoms with Crippen molar-refractivity contribution in [2.45, 2.75) is 6.92 Å². The van der Waals surface area contributed by atoms with Crippen molar-refractivity contribution >= 4 is 17.3 Å². The topological polar surface area (TPSA) is 63.8 Å². The molecule has 4 heteroatoms. The third-order valence-electron chi connectivity index (χ3n) is 1.95. The first-order chi connectivity index (χ1) is 7.24. The van der Waals surface area contributed by atoms with Crippen molar-refractivity contribution in [3.8, 4) is 0 Å². The van der Waals surface area contributed by atoms with Crippen LogP contribution in [0.15, 0.2) is 36.5 Å². The Bertz CT molecular complexity index is 450. The Labute approximate surface area is 88.2 Å². The maximum Gasteiger partial charge on any atom is 0.132 e. The number of nitrogens with two attached hydrogens (primary N) is 1. The van der Waals surface area contributed by atoms with Gasteiger partial charge in [-0.1, -0.05) is 6.07 Å². The van der Waals surface area contributed by atoms with Gasteiger partial charge in [-0.15, -0.1) is 0 Å². The standard InChI is InChI=1S/C11H12N4/c1-8-5-6-9(7-13-8)14-11-4-2-3-10(12)15-11/h2-7H,1H3,(H3,12,14,15). The van der Waals surface area contributed by atoms with Gasteiger partial charge in [0, 0.05) is 5.69 Å². The van der Waals surface area contributed by atoms with Gasteiger partial charge in [0.05, 0.1) is 11.9 Å². The molecule has 0 fully saturated rings. The molecule has 2 aromatic heterocycles. The van der Waals surface area contributed by atoms with Crippen LogP contribution in [-0.4, -0.2) is 9.97 Å². The number of anilines is 3. The van der Waals surface area contributed by atoms with Gasteiger partial charge in [-0.25, -0.2) is 4.98 Å². The Morgan fingerprint density at radius 1 is 1.20 bits per heavy atom. The summed E-state index contributed by atoms with van der Waals surface area (Å²) in [5.74, 6) is 1.22. The molecule has 0 amide bonds. The Balaban J connectivity index is 2.18. The number of nitrogens with one attached hydrogen (secondary N) is 1. The number of nitrogens with zero attached hydrogens (tertiary/aromatic N) is 2. The van der Waals surface area contributed by atoms with E-state index in [0.717, 1.165) is 17.2 Å². The molecule has 2 rings (SSSR count). The first-order valence-corrected chi connectivity index (χ1v) is 4.66. The van der Waals surface area contributed by atoms with Gasteiger partial charge in [0.25, 0.3) is 0 Å². The molecule has 0 unspecified atom stereocenters. The van der Waals surface area contributed by atoms with Crippen molar-refractivity contribution in [3.05, 3.63) is 42.2 Å². The van der Waals surface area contributed by atoms with Gasteiger partial charge in [-0.2, -0.15) is 0 Å². The fraction of sp³-hybridized carbons (Fsp3) is 0.0909. The highest BCUT2D eigenvalue weighted by molar-refractivity contribution is 5.56. The van der Waals surface area contributed by atoms with E-state index in [0.29, 0.717) is 5.82 Å². The summed E-state index contributed by atoms with van der Waals surface area (Å²) in [4.78, 5) is 8.31. The van der Waals surface area contributed by atoms with Crippen LogP contribution in [0.5, 0.6) is 0 Å². The average Bonchev–Trinajstić information content (AvgIpc) is 2.22. The lowest BCUT2D eigenvalue weighted by atomic mass is 10.3. The zero-order valence-electron chi connectivity index (χ0n) is 8.44. The molecular formula is C11H12N4. The van der Waals surface area contributed by atoms with Gasteiger partial charge in [-0.05, 0) is 31.2 Å². The molecule has 0 aliphatic rings. The number of hydrogen-bond acceptors (Lipinski definition) is 4. The molecule has 0 aromatic carbocycles. The molecule has 0 atom stereocenters. The molecule has 2 heterocycles. The fourth-order valence-electron chi connectivity index (χ4n) is 1.21. The minimum Gasteiger partial charge on any atom is -0.384 e. The second-order valence-corrected chi connectivity index (χ2v) is 3.26. The molecule has 0 aliphatic heterocycles. The molecule has 0 saturated heterocycles. The molecule has 0 spiro atoms. The van der Waals surface area contributed by atoms with Crippen LogP contribution in [0.3, 0.4) is 0 Å². The van der Waals surface area contributed by atoms with E-state index in [9.17, 15) is 0 Å².